The summed E-state index contributed by atoms with van der Waals surface area (Å²) in [5.74, 6) is -1.87. The van der Waals surface area contributed by atoms with Crippen LogP contribution in [0.4, 0.5) is 8.78 Å². The van der Waals surface area contributed by atoms with Crippen molar-refractivity contribution in [1.29, 1.82) is 0 Å². The maximum absolute atomic E-state index is 13.3. The highest BCUT2D eigenvalue weighted by Gasteiger charge is 2.29. The van der Waals surface area contributed by atoms with Crippen LogP contribution in [0.1, 0.15) is 16.8 Å². The minimum absolute atomic E-state index is 0.103. The number of methoxy groups -OCH3 is 1. The summed E-state index contributed by atoms with van der Waals surface area (Å²) < 4.78 is 37.0. The molecular weight excluding hydrogens is 320 g/mol. The van der Waals surface area contributed by atoms with Crippen LogP contribution in [0.15, 0.2) is 30.6 Å². The van der Waals surface area contributed by atoms with E-state index >= 15 is 0 Å². The molecule has 1 aliphatic heterocycles. The van der Waals surface area contributed by atoms with Gasteiger partial charge in [-0.2, -0.15) is 0 Å². The number of hydrogen-bond donors (Lipinski definition) is 0. The number of nitrogens with zero attached hydrogens (tertiary/aromatic N) is 3. The number of benzene rings is 1. The van der Waals surface area contributed by atoms with E-state index in [2.05, 4.69) is 9.97 Å². The number of halogens is 2. The Labute approximate surface area is 137 Å². The van der Waals surface area contributed by atoms with Gasteiger partial charge in [0.15, 0.2) is 11.6 Å². The second kappa shape index (κ2) is 6.77. The molecule has 126 valence electrons. The van der Waals surface area contributed by atoms with Gasteiger partial charge in [-0.25, -0.2) is 18.7 Å². The summed E-state index contributed by atoms with van der Waals surface area (Å²) in [6.07, 6.45) is 3.29. The van der Waals surface area contributed by atoms with Crippen LogP contribution in [0.2, 0.25) is 0 Å². The van der Waals surface area contributed by atoms with Gasteiger partial charge < -0.3 is 14.4 Å². The SMILES string of the molecule is COc1nccnc1OC1CCN(C(=O)c2ccc(F)c(F)c2)C1. The molecule has 0 bridgehead atoms. The Bertz CT molecular complexity index is 757. The van der Waals surface area contributed by atoms with Crippen molar-refractivity contribution in [3.8, 4) is 11.8 Å². The Hall–Kier alpha value is -2.77. The normalized spacial score (nSPS) is 17.0. The smallest absolute Gasteiger partial charge is 0.278 e. The number of hydrogen-bond acceptors (Lipinski definition) is 5. The van der Waals surface area contributed by atoms with Gasteiger partial charge in [0.05, 0.1) is 13.7 Å². The zero-order valence-electron chi connectivity index (χ0n) is 12.9. The molecule has 1 aromatic carbocycles. The summed E-state index contributed by atoms with van der Waals surface area (Å²) in [4.78, 5) is 21.9. The summed E-state index contributed by atoms with van der Waals surface area (Å²) in [6.45, 7) is 0.766. The zero-order chi connectivity index (χ0) is 17.1. The van der Waals surface area contributed by atoms with Gasteiger partial charge in [-0.05, 0) is 18.2 Å². The molecule has 3 rings (SSSR count). The molecule has 1 atom stereocenters. The van der Waals surface area contributed by atoms with Gasteiger partial charge in [-0.1, -0.05) is 0 Å². The number of rotatable bonds is 4. The number of ether oxygens (including phenoxy) is 2. The van der Waals surface area contributed by atoms with Crippen LogP contribution in [-0.4, -0.2) is 47.1 Å². The van der Waals surface area contributed by atoms with Crippen LogP contribution >= 0.6 is 0 Å². The van der Waals surface area contributed by atoms with Gasteiger partial charge in [0.2, 0.25) is 0 Å². The van der Waals surface area contributed by atoms with E-state index in [1.165, 1.54) is 30.5 Å². The summed E-state index contributed by atoms with van der Waals surface area (Å²) in [5, 5.41) is 0. The Balaban J connectivity index is 1.66. The molecule has 1 amide bonds. The largest absolute Gasteiger partial charge is 0.477 e. The van der Waals surface area contributed by atoms with Gasteiger partial charge in [-0.3, -0.25) is 4.79 Å². The van der Waals surface area contributed by atoms with Crippen molar-refractivity contribution in [2.24, 2.45) is 0 Å². The first-order chi connectivity index (χ1) is 11.6. The monoisotopic (exact) mass is 335 g/mol. The number of aromatic nitrogens is 2. The van der Waals surface area contributed by atoms with Gasteiger partial charge in [-0.15, -0.1) is 0 Å². The van der Waals surface area contributed by atoms with Crippen LogP contribution in [0.3, 0.4) is 0 Å². The molecule has 0 spiro atoms. The molecule has 6 nitrogen and oxygen atoms in total. The van der Waals surface area contributed by atoms with Crippen LogP contribution < -0.4 is 9.47 Å². The molecule has 0 N–H and O–H groups in total. The molecule has 1 fully saturated rings. The maximum atomic E-state index is 13.3. The highest BCUT2D eigenvalue weighted by Crippen LogP contribution is 2.24. The topological polar surface area (TPSA) is 64.6 Å². The standard InChI is InChI=1S/C16H15F2N3O3/c1-23-14-15(20-6-5-19-14)24-11-4-7-21(9-11)16(22)10-2-3-12(17)13(18)8-10/h2-3,5-6,8,11H,4,7,9H2,1H3. The van der Waals surface area contributed by atoms with Crippen molar-refractivity contribution in [3.63, 3.8) is 0 Å². The van der Waals surface area contributed by atoms with Crippen LogP contribution in [0.5, 0.6) is 11.8 Å². The van der Waals surface area contributed by atoms with Crippen molar-refractivity contribution < 1.29 is 23.0 Å². The molecule has 2 aromatic rings. The van der Waals surface area contributed by atoms with E-state index in [9.17, 15) is 13.6 Å². The zero-order valence-corrected chi connectivity index (χ0v) is 12.9. The molecule has 2 heterocycles. The van der Waals surface area contributed by atoms with E-state index in [0.717, 1.165) is 12.1 Å². The fraction of sp³-hybridized carbons (Fsp3) is 0.312. The molecule has 0 radical (unpaired) electrons. The molecule has 1 aliphatic rings. The minimum atomic E-state index is -1.04. The lowest BCUT2D eigenvalue weighted by Gasteiger charge is -2.17. The van der Waals surface area contributed by atoms with Crippen molar-refractivity contribution in [2.75, 3.05) is 20.2 Å². The van der Waals surface area contributed by atoms with E-state index in [-0.39, 0.29) is 29.3 Å². The number of likely N-dealkylation sites (tertiary alicyclic amines) is 1. The van der Waals surface area contributed by atoms with Crippen LogP contribution in [0.25, 0.3) is 0 Å². The maximum Gasteiger partial charge on any atom is 0.278 e. The minimum Gasteiger partial charge on any atom is -0.477 e. The number of carbonyl (C=O) groups excluding carboxylic acids is 1. The molecule has 1 unspecified atom stereocenters. The Morgan fingerprint density at radius 1 is 1.21 bits per heavy atom. The Morgan fingerprint density at radius 3 is 2.67 bits per heavy atom. The predicted octanol–water partition coefficient (Wildman–Crippen LogP) is 2.06. The number of carbonyl (C=O) groups is 1. The molecule has 1 saturated heterocycles. The fourth-order valence-corrected chi connectivity index (χ4v) is 2.51. The second-order valence-electron chi connectivity index (χ2n) is 5.28. The highest BCUT2D eigenvalue weighted by molar-refractivity contribution is 5.94. The molecule has 0 aliphatic carbocycles. The fourth-order valence-electron chi connectivity index (χ4n) is 2.51. The highest BCUT2D eigenvalue weighted by atomic mass is 19.2. The summed E-state index contributed by atoms with van der Waals surface area (Å²) in [6, 6.07) is 3.11. The second-order valence-corrected chi connectivity index (χ2v) is 5.28. The van der Waals surface area contributed by atoms with E-state index in [1.807, 2.05) is 0 Å². The summed E-state index contributed by atoms with van der Waals surface area (Å²) >= 11 is 0. The van der Waals surface area contributed by atoms with Crippen molar-refractivity contribution in [3.05, 3.63) is 47.8 Å². The lowest BCUT2D eigenvalue weighted by Crippen LogP contribution is -2.31. The predicted molar refractivity (Wildman–Crippen MR) is 79.9 cm³/mol. The lowest BCUT2D eigenvalue weighted by molar-refractivity contribution is 0.0769. The van der Waals surface area contributed by atoms with Gasteiger partial charge in [0.1, 0.15) is 6.10 Å². The van der Waals surface area contributed by atoms with Crippen molar-refractivity contribution in [1.82, 2.24) is 14.9 Å². The lowest BCUT2D eigenvalue weighted by atomic mass is 10.2. The van der Waals surface area contributed by atoms with Crippen molar-refractivity contribution >= 4 is 5.91 Å². The molecule has 8 heteroatoms. The first kappa shape index (κ1) is 16.1. The van der Waals surface area contributed by atoms with Crippen LogP contribution in [-0.2, 0) is 0 Å². The first-order valence-electron chi connectivity index (χ1n) is 7.34. The quantitative estimate of drug-likeness (QED) is 0.856. The first-order valence-corrected chi connectivity index (χ1v) is 7.34. The van der Waals surface area contributed by atoms with Crippen LogP contribution in [0, 0.1) is 11.6 Å². The Morgan fingerprint density at radius 2 is 1.96 bits per heavy atom. The average Bonchev–Trinajstić information content (AvgIpc) is 3.05. The van der Waals surface area contributed by atoms with E-state index in [1.54, 1.807) is 0 Å². The number of amides is 1. The summed E-state index contributed by atoms with van der Waals surface area (Å²) in [5.41, 5.74) is 0.103. The third kappa shape index (κ3) is 3.27. The summed E-state index contributed by atoms with van der Waals surface area (Å²) in [7, 11) is 1.46. The van der Waals surface area contributed by atoms with E-state index in [0.29, 0.717) is 19.5 Å². The third-order valence-electron chi connectivity index (χ3n) is 3.70. The van der Waals surface area contributed by atoms with Gasteiger partial charge in [0, 0.05) is 30.9 Å². The molecular formula is C16H15F2N3O3. The van der Waals surface area contributed by atoms with Crippen molar-refractivity contribution in [2.45, 2.75) is 12.5 Å². The molecule has 1 aromatic heterocycles. The van der Waals surface area contributed by atoms with Gasteiger partial charge >= 0.3 is 0 Å². The van der Waals surface area contributed by atoms with E-state index < -0.39 is 11.6 Å². The molecule has 0 saturated carbocycles. The van der Waals surface area contributed by atoms with Gasteiger partial charge in [0.25, 0.3) is 17.7 Å². The third-order valence-corrected chi connectivity index (χ3v) is 3.70. The average molecular weight is 335 g/mol. The molecule has 24 heavy (non-hydrogen) atoms. The Kier molecular flexibility index (Phi) is 4.54. The van der Waals surface area contributed by atoms with E-state index in [4.69, 9.17) is 9.47 Å².